The fourth-order valence-corrected chi connectivity index (χ4v) is 2.38. The van der Waals surface area contributed by atoms with Gasteiger partial charge in [0.15, 0.2) is 5.78 Å². The second-order valence-electron chi connectivity index (χ2n) is 4.73. The number of ketones is 1. The van der Waals surface area contributed by atoms with E-state index in [9.17, 15) is 4.79 Å². The molecule has 1 N–H and O–H groups in total. The van der Waals surface area contributed by atoms with Crippen molar-refractivity contribution in [2.45, 2.75) is 13.8 Å². The van der Waals surface area contributed by atoms with E-state index in [1.54, 1.807) is 37.4 Å². The Kier molecular flexibility index (Phi) is 2.69. The van der Waals surface area contributed by atoms with E-state index >= 15 is 0 Å². The lowest BCUT2D eigenvalue weighted by Gasteiger charge is -1.98. The smallest absolute Gasteiger partial charge is 0.198 e. The molecule has 0 aliphatic rings. The van der Waals surface area contributed by atoms with E-state index in [2.05, 4.69) is 11.1 Å². The molecule has 0 amide bonds. The van der Waals surface area contributed by atoms with Crippen LogP contribution in [-0.2, 0) is 0 Å². The predicted octanol–water partition coefficient (Wildman–Crippen LogP) is 3.48. The number of carbonyl (C=O) groups excluding carboxylic acids is 1. The summed E-state index contributed by atoms with van der Waals surface area (Å²) >= 11 is 0. The lowest BCUT2D eigenvalue weighted by Crippen LogP contribution is -2.00. The molecule has 0 bridgehead atoms. The Morgan fingerprint density at radius 2 is 2.05 bits per heavy atom. The van der Waals surface area contributed by atoms with Crippen molar-refractivity contribution in [1.82, 2.24) is 4.98 Å². The number of aromatic amines is 1. The van der Waals surface area contributed by atoms with Crippen LogP contribution in [0.4, 0.5) is 0 Å². The Hall–Kier alpha value is -2.80. The van der Waals surface area contributed by atoms with Gasteiger partial charge in [-0.15, -0.1) is 0 Å². The third-order valence-corrected chi connectivity index (χ3v) is 3.34. The van der Waals surface area contributed by atoms with Crippen LogP contribution in [0.15, 0.2) is 34.9 Å². The van der Waals surface area contributed by atoms with Gasteiger partial charge in [0.2, 0.25) is 0 Å². The highest BCUT2D eigenvalue weighted by Crippen LogP contribution is 2.24. The molecule has 0 spiro atoms. The number of fused-ring (bicyclic) bond motifs is 1. The molecule has 0 aliphatic carbocycles. The van der Waals surface area contributed by atoms with Crippen LogP contribution in [0.25, 0.3) is 10.9 Å². The van der Waals surface area contributed by atoms with Crippen LogP contribution >= 0.6 is 0 Å². The van der Waals surface area contributed by atoms with Crippen LogP contribution in [0.3, 0.4) is 0 Å². The van der Waals surface area contributed by atoms with Crippen molar-refractivity contribution in [3.63, 3.8) is 0 Å². The van der Waals surface area contributed by atoms with Crippen molar-refractivity contribution in [2.24, 2.45) is 0 Å². The minimum absolute atomic E-state index is 0.0738. The fraction of sp³-hybridized carbons (Fsp3) is 0.125. The first kappa shape index (κ1) is 12.2. The lowest BCUT2D eigenvalue weighted by molar-refractivity contribution is 0.103. The van der Waals surface area contributed by atoms with Crippen molar-refractivity contribution in [3.05, 3.63) is 58.7 Å². The molecule has 20 heavy (non-hydrogen) atoms. The van der Waals surface area contributed by atoms with Crippen LogP contribution in [0.2, 0.25) is 0 Å². The molecule has 98 valence electrons. The van der Waals surface area contributed by atoms with Crippen molar-refractivity contribution in [3.8, 4) is 6.07 Å². The molecule has 3 rings (SSSR count). The molecule has 2 aromatic heterocycles. The zero-order valence-electron chi connectivity index (χ0n) is 11.2. The minimum atomic E-state index is -0.0738. The van der Waals surface area contributed by atoms with Gasteiger partial charge in [-0.25, -0.2) is 0 Å². The summed E-state index contributed by atoms with van der Waals surface area (Å²) in [7, 11) is 0. The molecular formula is C16H12N2O2. The number of aromatic nitrogens is 1. The summed E-state index contributed by atoms with van der Waals surface area (Å²) < 4.78 is 5.41. The van der Waals surface area contributed by atoms with Gasteiger partial charge in [0.1, 0.15) is 11.5 Å². The average molecular weight is 264 g/mol. The van der Waals surface area contributed by atoms with E-state index in [4.69, 9.17) is 9.68 Å². The molecule has 0 unspecified atom stereocenters. The minimum Gasteiger partial charge on any atom is -0.466 e. The average Bonchev–Trinajstić information content (AvgIpc) is 3.00. The maximum Gasteiger partial charge on any atom is 0.198 e. The third kappa shape index (κ3) is 1.81. The van der Waals surface area contributed by atoms with Gasteiger partial charge in [0, 0.05) is 22.7 Å². The Morgan fingerprint density at radius 1 is 1.25 bits per heavy atom. The molecule has 0 saturated heterocycles. The van der Waals surface area contributed by atoms with Crippen molar-refractivity contribution >= 4 is 16.7 Å². The molecule has 4 nitrogen and oxygen atoms in total. The highest BCUT2D eigenvalue weighted by atomic mass is 16.3. The molecular weight excluding hydrogens is 252 g/mol. The second-order valence-corrected chi connectivity index (χ2v) is 4.73. The number of furan rings is 1. The highest BCUT2D eigenvalue weighted by Gasteiger charge is 2.18. The molecule has 0 atom stereocenters. The number of nitrogens with one attached hydrogen (secondary N) is 1. The Morgan fingerprint density at radius 3 is 2.70 bits per heavy atom. The first-order valence-electron chi connectivity index (χ1n) is 6.23. The zero-order valence-corrected chi connectivity index (χ0v) is 11.2. The molecule has 4 heteroatoms. The number of benzene rings is 1. The van der Waals surface area contributed by atoms with Crippen LogP contribution in [0.1, 0.15) is 33.0 Å². The van der Waals surface area contributed by atoms with E-state index < -0.39 is 0 Å². The second kappa shape index (κ2) is 4.39. The van der Waals surface area contributed by atoms with Gasteiger partial charge in [-0.2, -0.15) is 5.26 Å². The molecule has 3 aromatic rings. The van der Waals surface area contributed by atoms with Gasteiger partial charge in [0.05, 0.1) is 17.2 Å². The number of nitriles is 1. The largest absolute Gasteiger partial charge is 0.466 e. The van der Waals surface area contributed by atoms with Crippen LogP contribution in [-0.4, -0.2) is 10.8 Å². The van der Waals surface area contributed by atoms with Gasteiger partial charge >= 0.3 is 0 Å². The number of hydrogen-bond acceptors (Lipinski definition) is 3. The fourth-order valence-electron chi connectivity index (χ4n) is 2.38. The number of carbonyl (C=O) groups is 1. The van der Waals surface area contributed by atoms with Crippen molar-refractivity contribution in [2.75, 3.05) is 0 Å². The van der Waals surface area contributed by atoms with E-state index in [1.165, 1.54) is 0 Å². The number of rotatable bonds is 2. The summed E-state index contributed by atoms with van der Waals surface area (Å²) in [6, 6.07) is 9.07. The Balaban J connectivity index is 2.13. The first-order valence-corrected chi connectivity index (χ1v) is 6.23. The number of nitrogens with zero attached hydrogens (tertiary/aromatic N) is 1. The van der Waals surface area contributed by atoms with E-state index in [-0.39, 0.29) is 5.78 Å². The summed E-state index contributed by atoms with van der Waals surface area (Å²) in [5.41, 5.74) is 2.51. The Bertz CT molecular complexity index is 862. The Labute approximate surface area is 115 Å². The van der Waals surface area contributed by atoms with Gasteiger partial charge in [-0.1, -0.05) is 6.07 Å². The zero-order chi connectivity index (χ0) is 14.3. The summed E-state index contributed by atoms with van der Waals surface area (Å²) in [5.74, 6) is 1.27. The van der Waals surface area contributed by atoms with Gasteiger partial charge in [-0.3, -0.25) is 4.79 Å². The van der Waals surface area contributed by atoms with Crippen LogP contribution in [0, 0.1) is 25.2 Å². The van der Waals surface area contributed by atoms with E-state index in [1.807, 2.05) is 6.92 Å². The third-order valence-electron chi connectivity index (χ3n) is 3.34. The SMILES string of the molecule is Cc1cc(C(=O)c2c[nH]c3cc(C#N)ccc23)c(C)o1. The van der Waals surface area contributed by atoms with Gasteiger partial charge < -0.3 is 9.40 Å². The predicted molar refractivity (Wildman–Crippen MR) is 74.6 cm³/mol. The molecule has 0 aliphatic heterocycles. The lowest BCUT2D eigenvalue weighted by atomic mass is 10.0. The summed E-state index contributed by atoms with van der Waals surface area (Å²) in [6.45, 7) is 3.60. The summed E-state index contributed by atoms with van der Waals surface area (Å²) in [4.78, 5) is 15.6. The highest BCUT2D eigenvalue weighted by molar-refractivity contribution is 6.16. The molecule has 1 aromatic carbocycles. The van der Waals surface area contributed by atoms with Crippen molar-refractivity contribution < 1.29 is 9.21 Å². The maximum atomic E-state index is 12.6. The van der Waals surface area contributed by atoms with Crippen molar-refractivity contribution in [1.29, 1.82) is 5.26 Å². The normalized spacial score (nSPS) is 10.7. The van der Waals surface area contributed by atoms with Gasteiger partial charge in [0.25, 0.3) is 0 Å². The van der Waals surface area contributed by atoms with E-state index in [0.717, 1.165) is 16.7 Å². The molecule has 0 saturated carbocycles. The molecule has 2 heterocycles. The van der Waals surface area contributed by atoms with Crippen LogP contribution in [0.5, 0.6) is 0 Å². The quantitative estimate of drug-likeness (QED) is 0.720. The molecule has 0 fully saturated rings. The number of hydrogen-bond donors (Lipinski definition) is 1. The number of H-pyrrole nitrogens is 1. The first-order chi connectivity index (χ1) is 9.60. The number of aryl methyl sites for hydroxylation is 2. The monoisotopic (exact) mass is 264 g/mol. The summed E-state index contributed by atoms with van der Waals surface area (Å²) in [6.07, 6.45) is 1.68. The standard InChI is InChI=1S/C16H12N2O2/c1-9-5-13(10(2)20-9)16(19)14-8-18-15-6-11(7-17)3-4-12(14)15/h3-6,8,18H,1-2H3. The van der Waals surface area contributed by atoms with Crippen LogP contribution < -0.4 is 0 Å². The van der Waals surface area contributed by atoms with Gasteiger partial charge in [-0.05, 0) is 32.0 Å². The van der Waals surface area contributed by atoms with E-state index in [0.29, 0.717) is 22.5 Å². The maximum absolute atomic E-state index is 12.6. The topological polar surface area (TPSA) is 69.8 Å². The molecule has 0 radical (unpaired) electrons. The summed E-state index contributed by atoms with van der Waals surface area (Å²) in [5, 5.41) is 9.70.